The summed E-state index contributed by atoms with van der Waals surface area (Å²) >= 11 is 0. The topological polar surface area (TPSA) is 43.4 Å². The molecule has 0 heterocycles. The van der Waals surface area contributed by atoms with E-state index >= 15 is 0 Å². The van der Waals surface area contributed by atoms with Crippen LogP contribution >= 0.6 is 0 Å². The molecule has 0 saturated heterocycles. The smallest absolute Gasteiger partial charge is 0.550 e. The maximum absolute atomic E-state index is 11.1. The molecule has 0 aromatic rings. The second kappa shape index (κ2) is 44.2. The molecular formula is C45H90LiNO2. The van der Waals surface area contributed by atoms with Gasteiger partial charge in [0.05, 0.1) is 0 Å². The molecule has 0 rings (SSSR count). The van der Waals surface area contributed by atoms with Gasteiger partial charge in [0, 0.05) is 12.0 Å². The molecule has 4 heteroatoms. The molecule has 0 radical (unpaired) electrons. The summed E-state index contributed by atoms with van der Waals surface area (Å²) in [5.41, 5.74) is 0. The molecule has 0 aliphatic heterocycles. The van der Waals surface area contributed by atoms with Crippen LogP contribution in [0.4, 0.5) is 0 Å². The molecular weight excluding hydrogens is 593 g/mol. The van der Waals surface area contributed by atoms with Crippen LogP contribution in [0.3, 0.4) is 0 Å². The number of unbranched alkanes of at least 4 members (excludes halogenated alkanes) is 34. The zero-order valence-electron chi connectivity index (χ0n) is 34.6. The third kappa shape index (κ3) is 42.3. The molecule has 0 fully saturated rings. The number of carboxylic acid groups (broad SMARTS) is 1. The van der Waals surface area contributed by atoms with Crippen molar-refractivity contribution in [3.05, 3.63) is 0 Å². The molecule has 0 N–H and O–H groups in total. The van der Waals surface area contributed by atoms with E-state index in [2.05, 4.69) is 25.7 Å². The van der Waals surface area contributed by atoms with Gasteiger partial charge in [-0.1, -0.05) is 232 Å². The van der Waals surface area contributed by atoms with Crippen LogP contribution in [-0.4, -0.2) is 30.0 Å². The zero-order valence-corrected chi connectivity index (χ0v) is 34.6. The number of carbonyl (C=O) groups is 1. The van der Waals surface area contributed by atoms with Crippen molar-refractivity contribution in [2.24, 2.45) is 0 Å². The van der Waals surface area contributed by atoms with E-state index in [4.69, 9.17) is 0 Å². The van der Waals surface area contributed by atoms with Crippen molar-refractivity contribution < 1.29 is 28.8 Å². The first-order valence-corrected chi connectivity index (χ1v) is 22.6. The molecule has 3 nitrogen and oxygen atoms in total. The molecule has 0 aromatic carbocycles. The van der Waals surface area contributed by atoms with Crippen LogP contribution < -0.4 is 24.0 Å². The summed E-state index contributed by atoms with van der Waals surface area (Å²) in [6.45, 7) is 9.09. The molecule has 288 valence electrons. The number of carbonyl (C=O) groups excluding carboxylic acids is 1. The second-order valence-electron chi connectivity index (χ2n) is 15.8. The Kier molecular flexibility index (Phi) is 46.1. The SMILES string of the molecule is CCCCCCCCCCCCCCCCCCCCN(CCCCCCCCCCCCCCCCCCCC)C(C)CCC(=O)[O-].[Li+]. The monoisotopic (exact) mass is 684 g/mol. The van der Waals surface area contributed by atoms with Crippen LogP contribution in [0.15, 0.2) is 0 Å². The number of carboxylic acids is 1. The molecule has 0 amide bonds. The van der Waals surface area contributed by atoms with Crippen LogP contribution in [0.5, 0.6) is 0 Å². The summed E-state index contributed by atoms with van der Waals surface area (Å²) in [6, 6.07) is 0.347. The Hall–Kier alpha value is 0.0274. The van der Waals surface area contributed by atoms with Gasteiger partial charge in [0.1, 0.15) is 0 Å². The van der Waals surface area contributed by atoms with Crippen molar-refractivity contribution in [1.82, 2.24) is 4.90 Å². The van der Waals surface area contributed by atoms with Crippen molar-refractivity contribution in [3.63, 3.8) is 0 Å². The van der Waals surface area contributed by atoms with Gasteiger partial charge in [0.15, 0.2) is 0 Å². The van der Waals surface area contributed by atoms with Crippen LogP contribution in [0.2, 0.25) is 0 Å². The minimum atomic E-state index is -0.900. The molecule has 0 aliphatic rings. The van der Waals surface area contributed by atoms with E-state index in [1.807, 2.05) is 0 Å². The summed E-state index contributed by atoms with van der Waals surface area (Å²) in [5.74, 6) is -0.900. The average Bonchev–Trinajstić information content (AvgIpc) is 3.08. The normalized spacial score (nSPS) is 12.1. The fourth-order valence-electron chi connectivity index (χ4n) is 7.49. The van der Waals surface area contributed by atoms with E-state index in [1.54, 1.807) is 0 Å². The van der Waals surface area contributed by atoms with Crippen molar-refractivity contribution in [1.29, 1.82) is 0 Å². The van der Waals surface area contributed by atoms with Gasteiger partial charge in [-0.25, -0.2) is 0 Å². The number of hydrogen-bond acceptors (Lipinski definition) is 3. The molecule has 0 saturated carbocycles. The van der Waals surface area contributed by atoms with E-state index in [-0.39, 0.29) is 25.3 Å². The van der Waals surface area contributed by atoms with Gasteiger partial charge in [-0.3, -0.25) is 0 Å². The zero-order chi connectivity index (χ0) is 35.0. The van der Waals surface area contributed by atoms with E-state index in [0.717, 1.165) is 19.5 Å². The predicted molar refractivity (Wildman–Crippen MR) is 213 cm³/mol. The third-order valence-corrected chi connectivity index (χ3v) is 11.0. The quantitative estimate of drug-likeness (QED) is 0.0475. The Morgan fingerprint density at radius 1 is 0.408 bits per heavy atom. The Labute approximate surface area is 322 Å². The molecule has 0 aromatic heterocycles. The summed E-state index contributed by atoms with van der Waals surface area (Å²) in [4.78, 5) is 13.7. The van der Waals surface area contributed by atoms with Crippen LogP contribution in [-0.2, 0) is 4.79 Å². The summed E-state index contributed by atoms with van der Waals surface area (Å²) in [7, 11) is 0. The second-order valence-corrected chi connectivity index (χ2v) is 15.8. The van der Waals surface area contributed by atoms with Crippen molar-refractivity contribution in [2.45, 2.75) is 271 Å². The van der Waals surface area contributed by atoms with Gasteiger partial charge >= 0.3 is 18.9 Å². The van der Waals surface area contributed by atoms with Crippen LogP contribution in [0.1, 0.15) is 265 Å². The number of hydrogen-bond donors (Lipinski definition) is 0. The first-order chi connectivity index (χ1) is 23.6. The molecule has 0 spiro atoms. The van der Waals surface area contributed by atoms with E-state index in [1.165, 1.54) is 231 Å². The maximum atomic E-state index is 11.1. The van der Waals surface area contributed by atoms with Crippen LogP contribution in [0.25, 0.3) is 0 Å². The first kappa shape index (κ1) is 51.1. The molecule has 1 atom stereocenters. The van der Waals surface area contributed by atoms with Crippen molar-refractivity contribution >= 4 is 5.97 Å². The molecule has 1 unspecified atom stereocenters. The van der Waals surface area contributed by atoms with E-state index in [9.17, 15) is 9.90 Å². The van der Waals surface area contributed by atoms with Gasteiger partial charge in [-0.05, 0) is 45.7 Å². The molecule has 49 heavy (non-hydrogen) atoms. The number of nitrogens with zero attached hydrogens (tertiary/aromatic N) is 1. The number of rotatable bonds is 42. The largest absolute Gasteiger partial charge is 1.00 e. The van der Waals surface area contributed by atoms with E-state index < -0.39 is 5.97 Å². The first-order valence-electron chi connectivity index (χ1n) is 22.6. The van der Waals surface area contributed by atoms with Gasteiger partial charge in [0.25, 0.3) is 0 Å². The third-order valence-electron chi connectivity index (χ3n) is 11.0. The van der Waals surface area contributed by atoms with Crippen molar-refractivity contribution in [2.75, 3.05) is 13.1 Å². The Bertz CT molecular complexity index is 575. The molecule has 0 bridgehead atoms. The Morgan fingerprint density at radius 2 is 0.612 bits per heavy atom. The standard InChI is InChI=1S/C45H91NO2.Li/c1-4-6-8-10-12-14-16-18-20-22-24-26-28-30-32-34-36-38-42-46(44(3)40-41-45(47)48)43-39-37-35-33-31-29-27-25-23-21-19-17-15-13-11-9-7-5-2;/h44H,4-43H2,1-3H3,(H,47,48);/q;+1/p-1. The van der Waals surface area contributed by atoms with Crippen LogP contribution in [0, 0.1) is 0 Å². The number of aliphatic carboxylic acids is 1. The molecule has 0 aliphatic carbocycles. The van der Waals surface area contributed by atoms with Gasteiger partial charge < -0.3 is 14.8 Å². The average molecular weight is 684 g/mol. The Morgan fingerprint density at radius 3 is 0.816 bits per heavy atom. The predicted octanol–water partition coefficient (Wildman–Crippen LogP) is 11.3. The minimum Gasteiger partial charge on any atom is -0.550 e. The van der Waals surface area contributed by atoms with Gasteiger partial charge in [-0.15, -0.1) is 0 Å². The van der Waals surface area contributed by atoms with Gasteiger partial charge in [-0.2, -0.15) is 0 Å². The minimum absolute atomic E-state index is 0. The Balaban J connectivity index is 0. The summed E-state index contributed by atoms with van der Waals surface area (Å²) in [6.07, 6.45) is 51.8. The fraction of sp³-hybridized carbons (Fsp3) is 0.978. The fourth-order valence-corrected chi connectivity index (χ4v) is 7.49. The van der Waals surface area contributed by atoms with Gasteiger partial charge in [0.2, 0.25) is 0 Å². The maximum Gasteiger partial charge on any atom is 1.00 e. The summed E-state index contributed by atoms with van der Waals surface area (Å²) < 4.78 is 0. The summed E-state index contributed by atoms with van der Waals surface area (Å²) in [5, 5.41) is 11.1. The van der Waals surface area contributed by atoms with Crippen molar-refractivity contribution in [3.8, 4) is 0 Å². The van der Waals surface area contributed by atoms with E-state index in [0.29, 0.717) is 6.04 Å².